The van der Waals surface area contributed by atoms with Crippen LogP contribution in [-0.2, 0) is 16.2 Å². The predicted octanol–water partition coefficient (Wildman–Crippen LogP) is 10.6. The average Bonchev–Trinajstić information content (AvgIpc) is 3.65. The molecule has 0 saturated heterocycles. The van der Waals surface area contributed by atoms with Crippen molar-refractivity contribution in [3.05, 3.63) is 144 Å². The number of fused-ring (bicyclic) bond motifs is 13. The Morgan fingerprint density at radius 3 is 1.04 bits per heavy atom. The number of rotatable bonds is 2. The molecule has 3 aliphatic carbocycles. The molecule has 0 aliphatic heterocycles. The quantitative estimate of drug-likeness (QED) is 0.180. The van der Waals surface area contributed by atoms with Crippen LogP contribution in [0.2, 0.25) is 0 Å². The van der Waals surface area contributed by atoms with Gasteiger partial charge in [-0.05, 0) is 125 Å². The summed E-state index contributed by atoms with van der Waals surface area (Å²) in [5.74, 6) is 1.41. The van der Waals surface area contributed by atoms with Crippen LogP contribution in [-0.4, -0.2) is 29.9 Å². The Morgan fingerprint density at radius 2 is 0.642 bits per heavy atom. The van der Waals surface area contributed by atoms with Gasteiger partial charge in [0, 0.05) is 27.4 Å². The molecule has 0 fully saturated rings. The Hall–Kier alpha value is -6.14. The summed E-state index contributed by atoms with van der Waals surface area (Å²) in [6, 6.07) is 32.2. The summed E-state index contributed by atoms with van der Waals surface area (Å²) in [7, 11) is 0. The van der Waals surface area contributed by atoms with Gasteiger partial charge in [0.25, 0.3) is 0 Å². The molecule has 6 heteroatoms. The zero-order valence-electron chi connectivity index (χ0n) is 30.6. The monoisotopic (exact) mass is 684 g/mol. The highest BCUT2D eigenvalue weighted by Crippen LogP contribution is 2.61. The lowest BCUT2D eigenvalue weighted by atomic mass is 9.78. The van der Waals surface area contributed by atoms with Crippen molar-refractivity contribution in [2.24, 2.45) is 0 Å². The molecule has 2 heterocycles. The highest BCUT2D eigenvalue weighted by molar-refractivity contribution is 6.11. The second-order valence-corrected chi connectivity index (χ2v) is 16.5. The van der Waals surface area contributed by atoms with Crippen molar-refractivity contribution in [2.45, 2.75) is 57.8 Å². The first-order chi connectivity index (χ1) is 25.6. The van der Waals surface area contributed by atoms with Gasteiger partial charge in [-0.3, -0.25) is 0 Å². The summed E-state index contributed by atoms with van der Waals surface area (Å²) in [5, 5.41) is 4.79. The van der Waals surface area contributed by atoms with E-state index in [4.69, 9.17) is 0 Å². The van der Waals surface area contributed by atoms with Crippen LogP contribution in [0.4, 0.5) is 0 Å². The number of benzene rings is 6. The highest BCUT2D eigenvalue weighted by atomic mass is 15.0. The minimum absolute atomic E-state index is 0.199. The van der Waals surface area contributed by atoms with Crippen LogP contribution in [0.3, 0.4) is 0 Å². The van der Waals surface area contributed by atoms with Gasteiger partial charge in [0.05, 0.1) is 0 Å². The highest BCUT2D eigenvalue weighted by Gasteiger charge is 2.45. The second-order valence-electron chi connectivity index (χ2n) is 16.5. The smallest absolute Gasteiger partial charge is 0.163 e. The lowest BCUT2D eigenvalue weighted by Crippen LogP contribution is -2.17. The fourth-order valence-corrected chi connectivity index (χ4v) is 10.0. The van der Waals surface area contributed by atoms with Gasteiger partial charge in [-0.2, -0.15) is 0 Å². The van der Waals surface area contributed by atoms with E-state index in [0.717, 1.165) is 21.9 Å². The van der Waals surface area contributed by atoms with E-state index >= 15 is 0 Å². The first-order valence-corrected chi connectivity index (χ1v) is 18.3. The molecule has 0 spiro atoms. The average molecular weight is 685 g/mol. The van der Waals surface area contributed by atoms with Gasteiger partial charge >= 0.3 is 0 Å². The van der Waals surface area contributed by atoms with Crippen LogP contribution in [0.1, 0.15) is 74.9 Å². The first-order valence-electron chi connectivity index (χ1n) is 18.3. The fourth-order valence-electron chi connectivity index (χ4n) is 10.0. The second kappa shape index (κ2) is 10.0. The van der Waals surface area contributed by atoms with Crippen LogP contribution >= 0.6 is 0 Å². The molecular weight excluding hydrogens is 649 g/mol. The maximum Gasteiger partial charge on any atom is 0.163 e. The van der Waals surface area contributed by atoms with Crippen LogP contribution in [0.25, 0.3) is 77.7 Å². The summed E-state index contributed by atoms with van der Waals surface area (Å²) in [6.07, 6.45) is 6.34. The lowest BCUT2D eigenvalue weighted by Gasteiger charge is -2.25. The van der Waals surface area contributed by atoms with Crippen molar-refractivity contribution in [1.82, 2.24) is 29.9 Å². The van der Waals surface area contributed by atoms with Crippen LogP contribution in [0.15, 0.2) is 110 Å². The molecule has 8 aromatic rings. The summed E-state index contributed by atoms with van der Waals surface area (Å²) >= 11 is 0. The Bertz CT molecular complexity index is 2710. The summed E-state index contributed by atoms with van der Waals surface area (Å²) in [6.45, 7) is 14.3. The molecule has 254 valence electrons. The summed E-state index contributed by atoms with van der Waals surface area (Å²) in [5.41, 5.74) is 17.6. The van der Waals surface area contributed by atoms with Crippen molar-refractivity contribution in [1.29, 1.82) is 0 Å². The van der Waals surface area contributed by atoms with E-state index in [-0.39, 0.29) is 16.2 Å². The van der Waals surface area contributed by atoms with Crippen molar-refractivity contribution in [2.75, 3.05) is 0 Å². The molecule has 11 rings (SSSR count). The molecule has 6 aromatic carbocycles. The molecule has 0 saturated carbocycles. The Balaban J connectivity index is 1.14. The fraction of sp³-hybridized carbons (Fsp3) is 0.191. The molecule has 3 aliphatic rings. The molecule has 0 radical (unpaired) electrons. The van der Waals surface area contributed by atoms with Crippen LogP contribution in [0.5, 0.6) is 0 Å². The standard InChI is InChI=1S/C47H36N6/c1-45(2)35-19-33-37(46(3,4)39-17-31(43-50-21-48-22-51-43)25-11-7-9-13-27(25)41(33)39)15-29(35)30-16-38-34(20-36(30)45)42-28-14-10-8-12-26(28)32(18-40(42)47(38,5)6)44-52-23-49-24-53-44/h7-24H,1-6H3. The largest absolute Gasteiger partial charge is 0.225 e. The van der Waals surface area contributed by atoms with Gasteiger partial charge in [0.15, 0.2) is 11.6 Å². The SMILES string of the molecule is CC1(C)c2cc3c(cc2-c2cc4c(cc21)-c1c(cc(-c2ncncn2)c2ccccc12)C4(C)C)C(C)(C)c1cc(-c2ncncn2)c2ccccc2c1-3. The topological polar surface area (TPSA) is 77.3 Å². The Labute approximate surface area is 308 Å². The first kappa shape index (κ1) is 30.5. The third-order valence-corrected chi connectivity index (χ3v) is 12.7. The molecule has 0 unspecified atom stereocenters. The van der Waals surface area contributed by atoms with E-state index in [1.807, 2.05) is 0 Å². The predicted molar refractivity (Wildman–Crippen MR) is 212 cm³/mol. The van der Waals surface area contributed by atoms with E-state index in [2.05, 4.69) is 156 Å². The van der Waals surface area contributed by atoms with Gasteiger partial charge in [0.2, 0.25) is 0 Å². The Kier molecular flexibility index (Phi) is 5.78. The summed E-state index contributed by atoms with van der Waals surface area (Å²) < 4.78 is 0. The maximum absolute atomic E-state index is 4.58. The minimum Gasteiger partial charge on any atom is -0.225 e. The third-order valence-electron chi connectivity index (χ3n) is 12.7. The number of aromatic nitrogens is 6. The number of nitrogens with zero attached hydrogens (tertiary/aromatic N) is 6. The molecule has 53 heavy (non-hydrogen) atoms. The maximum atomic E-state index is 4.58. The molecule has 0 N–H and O–H groups in total. The molecule has 0 atom stereocenters. The third kappa shape index (κ3) is 3.83. The summed E-state index contributed by atoms with van der Waals surface area (Å²) in [4.78, 5) is 26.5. The van der Waals surface area contributed by atoms with E-state index < -0.39 is 0 Å². The van der Waals surface area contributed by atoms with E-state index in [1.54, 1.807) is 25.3 Å². The zero-order chi connectivity index (χ0) is 36.0. The molecular formula is C47H36N6. The molecule has 0 bridgehead atoms. The lowest BCUT2D eigenvalue weighted by molar-refractivity contribution is 0.649. The van der Waals surface area contributed by atoms with Gasteiger partial charge in [-0.1, -0.05) is 90.1 Å². The van der Waals surface area contributed by atoms with Crippen LogP contribution < -0.4 is 0 Å². The van der Waals surface area contributed by atoms with Gasteiger partial charge in [-0.15, -0.1) is 0 Å². The van der Waals surface area contributed by atoms with Crippen molar-refractivity contribution < 1.29 is 0 Å². The number of hydrogen-bond acceptors (Lipinski definition) is 6. The van der Waals surface area contributed by atoms with E-state index in [9.17, 15) is 0 Å². The zero-order valence-corrected chi connectivity index (χ0v) is 30.6. The van der Waals surface area contributed by atoms with E-state index in [1.165, 1.54) is 77.5 Å². The normalized spacial score (nSPS) is 16.2. The molecule has 2 aromatic heterocycles. The number of hydrogen-bond donors (Lipinski definition) is 0. The van der Waals surface area contributed by atoms with Crippen molar-refractivity contribution in [3.8, 4) is 56.2 Å². The molecule has 6 nitrogen and oxygen atoms in total. The van der Waals surface area contributed by atoms with Gasteiger partial charge in [-0.25, -0.2) is 29.9 Å². The van der Waals surface area contributed by atoms with Crippen molar-refractivity contribution in [3.63, 3.8) is 0 Å². The van der Waals surface area contributed by atoms with Gasteiger partial charge in [0.1, 0.15) is 25.3 Å². The van der Waals surface area contributed by atoms with Crippen molar-refractivity contribution >= 4 is 21.5 Å². The Morgan fingerprint density at radius 1 is 0.340 bits per heavy atom. The molecule has 0 amide bonds. The van der Waals surface area contributed by atoms with Gasteiger partial charge < -0.3 is 0 Å². The van der Waals surface area contributed by atoms with Crippen LogP contribution in [0, 0.1) is 0 Å². The minimum atomic E-state index is -0.227. The van der Waals surface area contributed by atoms with E-state index in [0.29, 0.717) is 11.6 Å².